The van der Waals surface area contributed by atoms with Gasteiger partial charge in [0.1, 0.15) is 10.7 Å². The summed E-state index contributed by atoms with van der Waals surface area (Å²) in [6.07, 6.45) is 3.64. The van der Waals surface area contributed by atoms with E-state index in [1.807, 2.05) is 47.9 Å². The molecule has 0 saturated carbocycles. The Bertz CT molecular complexity index is 1370. The Kier molecular flexibility index (Phi) is 4.83. The molecule has 0 spiro atoms. The number of benzene rings is 2. The quantitative estimate of drug-likeness (QED) is 0.496. The van der Waals surface area contributed by atoms with E-state index in [1.165, 1.54) is 11.3 Å². The largest absolute Gasteiger partial charge is 0.493 e. The zero-order chi connectivity index (χ0) is 21.4. The van der Waals surface area contributed by atoms with Crippen molar-refractivity contribution in [1.82, 2.24) is 9.97 Å². The van der Waals surface area contributed by atoms with Gasteiger partial charge in [-0.3, -0.25) is 4.79 Å². The molecule has 5 rings (SSSR count). The van der Waals surface area contributed by atoms with E-state index in [4.69, 9.17) is 18.9 Å². The second-order valence-electron chi connectivity index (χ2n) is 6.80. The van der Waals surface area contributed by atoms with Crippen molar-refractivity contribution in [2.45, 2.75) is 0 Å². The van der Waals surface area contributed by atoms with Gasteiger partial charge in [0.2, 0.25) is 6.79 Å². The number of rotatable bonds is 5. The van der Waals surface area contributed by atoms with Crippen LogP contribution in [0.3, 0.4) is 0 Å². The highest BCUT2D eigenvalue weighted by molar-refractivity contribution is 7.17. The summed E-state index contributed by atoms with van der Waals surface area (Å²) in [7, 11) is 3.17. The van der Waals surface area contributed by atoms with Crippen LogP contribution >= 0.6 is 11.3 Å². The summed E-state index contributed by atoms with van der Waals surface area (Å²) < 4.78 is 21.4. The zero-order valence-electron chi connectivity index (χ0n) is 16.8. The minimum Gasteiger partial charge on any atom is -0.493 e. The molecule has 0 aliphatic carbocycles. The Morgan fingerprint density at radius 2 is 1.87 bits per heavy atom. The average molecular weight is 434 g/mol. The molecule has 1 aliphatic rings. The summed E-state index contributed by atoms with van der Waals surface area (Å²) in [4.78, 5) is 21.0. The zero-order valence-corrected chi connectivity index (χ0v) is 17.6. The molecule has 4 aromatic rings. The van der Waals surface area contributed by atoms with Gasteiger partial charge in [-0.05, 0) is 41.5 Å². The smallest absolute Gasteiger partial charge is 0.260 e. The van der Waals surface area contributed by atoms with Crippen LogP contribution < -0.4 is 24.5 Å². The van der Waals surface area contributed by atoms with Crippen molar-refractivity contribution in [2.75, 3.05) is 21.0 Å². The molecular formula is C23H18N2O5S. The highest BCUT2D eigenvalue weighted by Crippen LogP contribution is 2.36. The van der Waals surface area contributed by atoms with Crippen molar-refractivity contribution in [3.05, 3.63) is 63.5 Å². The van der Waals surface area contributed by atoms with Crippen LogP contribution in [0.25, 0.3) is 33.5 Å². The Balaban J connectivity index is 1.50. The molecule has 2 aromatic carbocycles. The number of H-pyrrole nitrogens is 1. The maximum atomic E-state index is 12.9. The predicted octanol–water partition coefficient (Wildman–Crippen LogP) is 4.57. The first-order valence-corrected chi connectivity index (χ1v) is 10.4. The Labute approximate surface area is 181 Å². The number of hydrogen-bond donors (Lipinski definition) is 1. The number of methoxy groups -OCH3 is 2. The molecule has 1 aliphatic heterocycles. The average Bonchev–Trinajstić information content (AvgIpc) is 3.44. The van der Waals surface area contributed by atoms with Crippen LogP contribution in [-0.4, -0.2) is 31.0 Å². The van der Waals surface area contributed by atoms with Crippen LogP contribution in [0, 0.1) is 0 Å². The van der Waals surface area contributed by atoms with Crippen molar-refractivity contribution >= 4 is 33.7 Å². The van der Waals surface area contributed by atoms with E-state index in [0.717, 1.165) is 22.4 Å². The minimum absolute atomic E-state index is 0.193. The van der Waals surface area contributed by atoms with Gasteiger partial charge in [-0.25, -0.2) is 4.98 Å². The number of nitrogens with zero attached hydrogens (tertiary/aromatic N) is 1. The van der Waals surface area contributed by atoms with Crippen LogP contribution in [-0.2, 0) is 0 Å². The molecule has 0 atom stereocenters. The fraction of sp³-hybridized carbons (Fsp3) is 0.130. The summed E-state index contributed by atoms with van der Waals surface area (Å²) in [5.41, 5.74) is 2.39. The molecule has 0 amide bonds. The number of fused-ring (bicyclic) bond motifs is 2. The lowest BCUT2D eigenvalue weighted by molar-refractivity contribution is 0.174. The second kappa shape index (κ2) is 7.81. The lowest BCUT2D eigenvalue weighted by Gasteiger charge is -2.09. The molecule has 156 valence electrons. The number of aromatic amines is 1. The van der Waals surface area contributed by atoms with Gasteiger partial charge in [0.15, 0.2) is 23.0 Å². The molecule has 3 heterocycles. The van der Waals surface area contributed by atoms with Gasteiger partial charge < -0.3 is 23.9 Å². The SMILES string of the molecule is COc1ccc(-c2csc3nc(/C=C/c4ccc5c(c4)OCO5)[nH]c(=O)c23)cc1OC. The van der Waals surface area contributed by atoms with E-state index in [9.17, 15) is 4.79 Å². The molecule has 0 saturated heterocycles. The van der Waals surface area contributed by atoms with Gasteiger partial charge in [0, 0.05) is 10.9 Å². The van der Waals surface area contributed by atoms with Gasteiger partial charge >= 0.3 is 0 Å². The summed E-state index contributed by atoms with van der Waals surface area (Å²) in [6.45, 7) is 0.231. The van der Waals surface area contributed by atoms with Gasteiger partial charge in [0.05, 0.1) is 19.6 Å². The summed E-state index contributed by atoms with van der Waals surface area (Å²) in [5, 5.41) is 2.48. The van der Waals surface area contributed by atoms with Gasteiger partial charge in [-0.15, -0.1) is 11.3 Å². The molecule has 0 bridgehead atoms. The highest BCUT2D eigenvalue weighted by atomic mass is 32.1. The highest BCUT2D eigenvalue weighted by Gasteiger charge is 2.15. The standard InChI is InChI=1S/C23H18N2O5S/c1-27-16-7-5-14(10-18(16)28-2)15-11-31-23-21(15)22(26)24-20(25-23)8-4-13-3-6-17-19(9-13)30-12-29-17/h3-11H,12H2,1-2H3,(H,24,25,26)/b8-4+. The lowest BCUT2D eigenvalue weighted by atomic mass is 10.1. The van der Waals surface area contributed by atoms with E-state index in [1.54, 1.807) is 20.3 Å². The number of thiophene rings is 1. The van der Waals surface area contributed by atoms with E-state index >= 15 is 0 Å². The van der Waals surface area contributed by atoms with Crippen LogP contribution in [0.4, 0.5) is 0 Å². The molecule has 2 aromatic heterocycles. The van der Waals surface area contributed by atoms with E-state index in [2.05, 4.69) is 9.97 Å². The van der Waals surface area contributed by atoms with Crippen molar-refractivity contribution in [2.24, 2.45) is 0 Å². The van der Waals surface area contributed by atoms with E-state index < -0.39 is 0 Å². The Morgan fingerprint density at radius 3 is 2.71 bits per heavy atom. The first kappa shape index (κ1) is 19.2. The molecule has 0 fully saturated rings. The van der Waals surface area contributed by atoms with Crippen LogP contribution in [0.1, 0.15) is 11.4 Å². The van der Waals surface area contributed by atoms with Gasteiger partial charge in [-0.2, -0.15) is 0 Å². The first-order chi connectivity index (χ1) is 15.2. The number of ether oxygens (including phenoxy) is 4. The maximum absolute atomic E-state index is 12.9. The first-order valence-electron chi connectivity index (χ1n) is 9.48. The predicted molar refractivity (Wildman–Crippen MR) is 120 cm³/mol. The molecule has 1 N–H and O–H groups in total. The number of hydrogen-bond acceptors (Lipinski definition) is 7. The third-order valence-electron chi connectivity index (χ3n) is 4.99. The summed E-state index contributed by atoms with van der Waals surface area (Å²) in [6, 6.07) is 11.2. The van der Waals surface area contributed by atoms with Crippen molar-refractivity contribution in [3.8, 4) is 34.1 Å². The molecular weight excluding hydrogens is 416 g/mol. The van der Waals surface area contributed by atoms with Crippen LogP contribution in [0.15, 0.2) is 46.6 Å². The molecule has 0 radical (unpaired) electrons. The molecule has 0 unspecified atom stereocenters. The topological polar surface area (TPSA) is 82.7 Å². The maximum Gasteiger partial charge on any atom is 0.260 e. The Morgan fingerprint density at radius 1 is 1.03 bits per heavy atom. The van der Waals surface area contributed by atoms with Gasteiger partial charge in [-0.1, -0.05) is 18.2 Å². The monoisotopic (exact) mass is 434 g/mol. The van der Waals surface area contributed by atoms with Crippen LogP contribution in [0.5, 0.6) is 23.0 Å². The normalized spacial score (nSPS) is 12.6. The summed E-state index contributed by atoms with van der Waals surface area (Å²) in [5.74, 6) is 3.15. The van der Waals surface area contributed by atoms with Crippen LogP contribution in [0.2, 0.25) is 0 Å². The molecule has 31 heavy (non-hydrogen) atoms. The number of aromatic nitrogens is 2. The minimum atomic E-state index is -0.193. The van der Waals surface area contributed by atoms with E-state index in [-0.39, 0.29) is 12.4 Å². The lowest BCUT2D eigenvalue weighted by Crippen LogP contribution is -2.09. The fourth-order valence-corrected chi connectivity index (χ4v) is 4.41. The third-order valence-corrected chi connectivity index (χ3v) is 5.86. The van der Waals surface area contributed by atoms with Gasteiger partial charge in [0.25, 0.3) is 5.56 Å². The molecule has 7 nitrogen and oxygen atoms in total. The van der Waals surface area contributed by atoms with E-state index in [0.29, 0.717) is 33.3 Å². The second-order valence-corrected chi connectivity index (χ2v) is 7.65. The third kappa shape index (κ3) is 3.51. The van der Waals surface area contributed by atoms with Crippen molar-refractivity contribution in [1.29, 1.82) is 0 Å². The fourth-order valence-electron chi connectivity index (χ4n) is 3.45. The number of nitrogens with one attached hydrogen (secondary N) is 1. The molecule has 8 heteroatoms. The van der Waals surface area contributed by atoms with Crippen molar-refractivity contribution < 1.29 is 18.9 Å². The summed E-state index contributed by atoms with van der Waals surface area (Å²) >= 11 is 1.42. The Hall–Kier alpha value is -3.78. The van der Waals surface area contributed by atoms with Crippen molar-refractivity contribution in [3.63, 3.8) is 0 Å².